The zero-order valence-electron chi connectivity index (χ0n) is 21.4. The van der Waals surface area contributed by atoms with Crippen molar-refractivity contribution in [2.45, 2.75) is 4.33 Å². The normalized spacial score (nSPS) is 19.3. The molecule has 2 amide bonds. The summed E-state index contributed by atoms with van der Waals surface area (Å²) in [7, 11) is 1.62. The van der Waals surface area contributed by atoms with Gasteiger partial charge in [-0.05, 0) is 71.9 Å². The third-order valence-electron chi connectivity index (χ3n) is 6.28. The van der Waals surface area contributed by atoms with Gasteiger partial charge in [0.15, 0.2) is 5.04 Å². The lowest BCUT2D eigenvalue weighted by Gasteiger charge is -2.38. The minimum Gasteiger partial charge on any atom is -0.497 e. The Bertz CT molecular complexity index is 1600. The Hall–Kier alpha value is -4.47. The van der Waals surface area contributed by atoms with Crippen LogP contribution in [-0.2, 0) is 9.59 Å². The van der Waals surface area contributed by atoms with Crippen LogP contribution in [0.25, 0.3) is 6.08 Å². The van der Waals surface area contributed by atoms with Gasteiger partial charge in [0.05, 0.1) is 17.7 Å². The maximum Gasteiger partial charge on any atom is 0.282 e. The second-order valence-corrected chi connectivity index (χ2v) is 11.5. The van der Waals surface area contributed by atoms with E-state index in [2.05, 4.69) is 5.32 Å². The zero-order valence-corrected chi connectivity index (χ0v) is 23.1. The van der Waals surface area contributed by atoms with Gasteiger partial charge in [0.1, 0.15) is 5.75 Å². The Balaban J connectivity index is 1.45. The number of hydrazone groups is 1. The lowest BCUT2D eigenvalue weighted by molar-refractivity contribution is -0.114. The summed E-state index contributed by atoms with van der Waals surface area (Å²) in [5, 5.41) is 9.76. The van der Waals surface area contributed by atoms with Crippen LogP contribution in [0.2, 0.25) is 0 Å². The Kier molecular flexibility index (Phi) is 7.06. The van der Waals surface area contributed by atoms with Gasteiger partial charge < -0.3 is 10.1 Å². The molecule has 0 aliphatic carbocycles. The number of hydrogen-bond donors (Lipinski definition) is 1. The molecule has 0 saturated carbocycles. The Morgan fingerprint density at radius 2 is 1.43 bits per heavy atom. The van der Waals surface area contributed by atoms with Crippen LogP contribution >= 0.6 is 23.5 Å². The molecule has 40 heavy (non-hydrogen) atoms. The highest BCUT2D eigenvalue weighted by atomic mass is 32.2. The summed E-state index contributed by atoms with van der Waals surface area (Å²) in [4.78, 5) is 29.9. The molecule has 2 aliphatic heterocycles. The van der Waals surface area contributed by atoms with E-state index < -0.39 is 4.33 Å². The van der Waals surface area contributed by atoms with E-state index in [4.69, 9.17) is 9.84 Å². The predicted octanol–water partition coefficient (Wildman–Crippen LogP) is 6.63. The van der Waals surface area contributed by atoms with Gasteiger partial charge >= 0.3 is 0 Å². The van der Waals surface area contributed by atoms with Crippen LogP contribution in [0.3, 0.4) is 0 Å². The lowest BCUT2D eigenvalue weighted by atomic mass is 10.2. The molecule has 198 valence electrons. The zero-order chi connectivity index (χ0) is 27.5. The molecule has 4 aromatic rings. The van der Waals surface area contributed by atoms with E-state index in [1.54, 1.807) is 17.0 Å². The molecule has 0 radical (unpaired) electrons. The van der Waals surface area contributed by atoms with Crippen molar-refractivity contribution >= 4 is 63.5 Å². The molecule has 1 fully saturated rings. The minimum atomic E-state index is -1.11. The number of methoxy groups -OCH3 is 1. The van der Waals surface area contributed by atoms with E-state index >= 15 is 0 Å². The van der Waals surface area contributed by atoms with Gasteiger partial charge in [-0.15, -0.1) is 0 Å². The van der Waals surface area contributed by atoms with E-state index in [0.29, 0.717) is 16.3 Å². The number of anilines is 3. The summed E-state index contributed by atoms with van der Waals surface area (Å²) in [6.45, 7) is 0. The van der Waals surface area contributed by atoms with Crippen LogP contribution in [0.4, 0.5) is 17.1 Å². The number of benzene rings is 4. The van der Waals surface area contributed by atoms with Crippen LogP contribution in [-0.4, -0.2) is 28.3 Å². The first kappa shape index (κ1) is 25.8. The van der Waals surface area contributed by atoms with E-state index in [1.165, 1.54) is 23.5 Å². The summed E-state index contributed by atoms with van der Waals surface area (Å²) < 4.78 is 4.18. The standard InChI is InChI=1S/C31H24N4O3S2/c1-38-26-19-17-22(18-20-26)21-27-30(37)34(24-13-7-3-8-14-24)31(39-27)35(25-15-9-4-10-16-25)33-29(40-31)28(36)32-23-11-5-2-6-12-23/h2-21H,1H3,(H,32,36)/b27-21+. The fourth-order valence-electron chi connectivity index (χ4n) is 4.41. The Morgan fingerprint density at radius 3 is 2.05 bits per heavy atom. The summed E-state index contributed by atoms with van der Waals surface area (Å²) >= 11 is 2.62. The van der Waals surface area contributed by atoms with Crippen LogP contribution in [0.15, 0.2) is 125 Å². The van der Waals surface area contributed by atoms with Crippen LogP contribution in [0.5, 0.6) is 5.75 Å². The molecule has 2 aliphatic rings. The fraction of sp³-hybridized carbons (Fsp3) is 0.0645. The van der Waals surface area contributed by atoms with E-state index in [9.17, 15) is 9.59 Å². The number of rotatable bonds is 6. The number of amides is 2. The average Bonchev–Trinajstić information content (AvgIpc) is 3.51. The van der Waals surface area contributed by atoms with Crippen LogP contribution < -0.4 is 20.0 Å². The molecule has 2 heterocycles. The van der Waals surface area contributed by atoms with Crippen LogP contribution in [0, 0.1) is 0 Å². The highest BCUT2D eigenvalue weighted by Gasteiger charge is 2.60. The van der Waals surface area contributed by atoms with Crippen molar-refractivity contribution in [3.05, 3.63) is 126 Å². The maximum absolute atomic E-state index is 14.2. The largest absolute Gasteiger partial charge is 0.497 e. The second-order valence-electron chi connectivity index (χ2n) is 8.88. The number of carbonyl (C=O) groups is 2. The first-order chi connectivity index (χ1) is 19.6. The van der Waals surface area contributed by atoms with E-state index in [-0.39, 0.29) is 16.9 Å². The van der Waals surface area contributed by atoms with Crippen molar-refractivity contribution in [2.75, 3.05) is 22.3 Å². The molecule has 1 N–H and O–H groups in total. The van der Waals surface area contributed by atoms with Gasteiger partial charge in [-0.3, -0.25) is 14.5 Å². The molecule has 1 saturated heterocycles. The summed E-state index contributed by atoms with van der Waals surface area (Å²) in [5.74, 6) is 0.210. The lowest BCUT2D eigenvalue weighted by Crippen LogP contribution is -2.51. The first-order valence-electron chi connectivity index (χ1n) is 12.5. The fourth-order valence-corrected chi connectivity index (χ4v) is 7.28. The average molecular weight is 565 g/mol. The smallest absolute Gasteiger partial charge is 0.282 e. The predicted molar refractivity (Wildman–Crippen MR) is 164 cm³/mol. The third-order valence-corrected chi connectivity index (χ3v) is 9.00. The van der Waals surface area contributed by atoms with Crippen molar-refractivity contribution in [3.63, 3.8) is 0 Å². The maximum atomic E-state index is 14.2. The summed E-state index contributed by atoms with van der Waals surface area (Å²) in [6.07, 6.45) is 1.86. The van der Waals surface area contributed by atoms with E-state index in [0.717, 1.165) is 17.0 Å². The van der Waals surface area contributed by atoms with Crippen LogP contribution in [0.1, 0.15) is 5.56 Å². The van der Waals surface area contributed by atoms with Gasteiger partial charge in [0.25, 0.3) is 11.8 Å². The molecule has 1 unspecified atom stereocenters. The molecular weight excluding hydrogens is 541 g/mol. The number of nitrogens with zero attached hydrogens (tertiary/aromatic N) is 3. The number of carbonyl (C=O) groups excluding carboxylic acids is 2. The highest BCUT2D eigenvalue weighted by Crippen LogP contribution is 2.59. The number of nitrogens with one attached hydrogen (secondary N) is 1. The number of thioether (sulfide) groups is 2. The summed E-state index contributed by atoms with van der Waals surface area (Å²) in [5.41, 5.74) is 2.98. The minimum absolute atomic E-state index is 0.180. The SMILES string of the molecule is COc1ccc(/C=C2/SC3(SC(C(=O)Nc4ccccc4)=NN3c3ccccc3)N(c3ccccc3)C2=O)cc1. The highest BCUT2D eigenvalue weighted by molar-refractivity contribution is 8.29. The number of ether oxygens (including phenoxy) is 1. The topological polar surface area (TPSA) is 74.2 Å². The van der Waals surface area contributed by atoms with Gasteiger partial charge in [0.2, 0.25) is 4.33 Å². The molecule has 6 rings (SSSR count). The van der Waals surface area contributed by atoms with Gasteiger partial charge in [0, 0.05) is 11.4 Å². The van der Waals surface area contributed by atoms with Crippen molar-refractivity contribution < 1.29 is 14.3 Å². The molecule has 0 bridgehead atoms. The number of hydrogen-bond acceptors (Lipinski definition) is 7. The quantitative estimate of drug-likeness (QED) is 0.265. The molecule has 0 aromatic heterocycles. The molecule has 7 nitrogen and oxygen atoms in total. The first-order valence-corrected chi connectivity index (χ1v) is 14.1. The Morgan fingerprint density at radius 1 is 0.825 bits per heavy atom. The van der Waals surface area contributed by atoms with Crippen molar-refractivity contribution in [1.29, 1.82) is 0 Å². The molecule has 9 heteroatoms. The molecular formula is C31H24N4O3S2. The third kappa shape index (κ3) is 4.85. The molecule has 1 spiro atoms. The van der Waals surface area contributed by atoms with Gasteiger partial charge in [-0.1, -0.05) is 78.5 Å². The van der Waals surface area contributed by atoms with E-state index in [1.807, 2.05) is 121 Å². The van der Waals surface area contributed by atoms with Gasteiger partial charge in [-0.2, -0.15) is 5.10 Å². The van der Waals surface area contributed by atoms with Crippen molar-refractivity contribution in [3.8, 4) is 5.75 Å². The van der Waals surface area contributed by atoms with Crippen molar-refractivity contribution in [2.24, 2.45) is 5.10 Å². The number of para-hydroxylation sites is 3. The molecule has 4 aromatic carbocycles. The molecule has 1 atom stereocenters. The Labute approximate surface area is 240 Å². The van der Waals surface area contributed by atoms with Gasteiger partial charge in [-0.25, -0.2) is 5.01 Å². The van der Waals surface area contributed by atoms with Crippen molar-refractivity contribution in [1.82, 2.24) is 0 Å². The summed E-state index contributed by atoms with van der Waals surface area (Å²) in [6, 6.07) is 35.8. The second kappa shape index (κ2) is 11.0. The monoisotopic (exact) mass is 564 g/mol.